The molecule has 1 atom stereocenters. The van der Waals surface area contributed by atoms with E-state index in [0.717, 1.165) is 18.0 Å². The molecule has 1 aliphatic heterocycles. The summed E-state index contributed by atoms with van der Waals surface area (Å²) < 4.78 is 16.5. The molecule has 27 heavy (non-hydrogen) atoms. The van der Waals surface area contributed by atoms with Crippen molar-refractivity contribution in [2.24, 2.45) is 0 Å². The molecule has 1 heterocycles. The second-order valence-corrected chi connectivity index (χ2v) is 7.54. The number of rotatable bonds is 5. The molecule has 1 unspecified atom stereocenters. The summed E-state index contributed by atoms with van der Waals surface area (Å²) in [4.78, 5) is 2.69. The average Bonchev–Trinajstić information content (AvgIpc) is 3.26. The molecule has 2 aromatic rings. The van der Waals surface area contributed by atoms with E-state index in [-0.39, 0.29) is 0 Å². The van der Waals surface area contributed by atoms with Gasteiger partial charge >= 0.3 is 0 Å². The Kier molecular flexibility index (Phi) is 5.26. The van der Waals surface area contributed by atoms with E-state index >= 15 is 0 Å². The van der Waals surface area contributed by atoms with Crippen molar-refractivity contribution in [3.8, 4) is 28.4 Å². The van der Waals surface area contributed by atoms with Gasteiger partial charge in [-0.2, -0.15) is 0 Å². The van der Waals surface area contributed by atoms with Gasteiger partial charge < -0.3 is 19.1 Å². The molecule has 0 N–H and O–H groups in total. The first-order valence-corrected chi connectivity index (χ1v) is 9.89. The molecule has 144 valence electrons. The minimum absolute atomic E-state index is 0.634. The summed E-state index contributed by atoms with van der Waals surface area (Å²) in [7, 11) is 4.95. The quantitative estimate of drug-likeness (QED) is 0.787. The van der Waals surface area contributed by atoms with Crippen molar-refractivity contribution in [2.75, 3.05) is 34.4 Å². The maximum absolute atomic E-state index is 5.51. The van der Waals surface area contributed by atoms with E-state index in [1.807, 2.05) is 12.1 Å². The third-order valence-corrected chi connectivity index (χ3v) is 6.06. The van der Waals surface area contributed by atoms with Gasteiger partial charge in [-0.3, -0.25) is 0 Å². The predicted molar refractivity (Wildman–Crippen MR) is 108 cm³/mol. The Morgan fingerprint density at radius 1 is 0.815 bits per heavy atom. The third-order valence-electron chi connectivity index (χ3n) is 6.06. The van der Waals surface area contributed by atoms with Crippen molar-refractivity contribution in [1.82, 2.24) is 4.90 Å². The lowest BCUT2D eigenvalue weighted by atomic mass is 9.85. The lowest BCUT2D eigenvalue weighted by Gasteiger charge is -2.32. The maximum atomic E-state index is 5.51. The number of methoxy groups -OCH3 is 3. The standard InChI is InChI=1S/C23H29NO3/c1-25-21-14-19(15-22(26-2)23(21)27-3)17-6-7-18-13-20(9-8-16(18)12-17)24-10-4-5-11-24/h6-7,12,14-15,20H,4-5,8-11,13H2,1-3H3. The van der Waals surface area contributed by atoms with Crippen LogP contribution in [0.15, 0.2) is 30.3 Å². The van der Waals surface area contributed by atoms with Crippen molar-refractivity contribution in [3.63, 3.8) is 0 Å². The van der Waals surface area contributed by atoms with Crippen LogP contribution in [0.4, 0.5) is 0 Å². The highest BCUT2D eigenvalue weighted by Crippen LogP contribution is 2.41. The first-order chi connectivity index (χ1) is 13.2. The maximum Gasteiger partial charge on any atom is 0.203 e. The Balaban J connectivity index is 1.63. The van der Waals surface area contributed by atoms with Crippen LogP contribution < -0.4 is 14.2 Å². The van der Waals surface area contributed by atoms with E-state index in [0.29, 0.717) is 17.2 Å². The molecule has 0 saturated carbocycles. The van der Waals surface area contributed by atoms with E-state index < -0.39 is 0 Å². The first kappa shape index (κ1) is 18.2. The SMILES string of the molecule is COc1cc(-c2ccc3c(c2)CCC(N2CCCC2)C3)cc(OC)c1OC. The van der Waals surface area contributed by atoms with Crippen LogP contribution >= 0.6 is 0 Å². The zero-order chi connectivity index (χ0) is 18.8. The van der Waals surface area contributed by atoms with Crippen molar-refractivity contribution in [3.05, 3.63) is 41.5 Å². The highest BCUT2D eigenvalue weighted by atomic mass is 16.5. The highest BCUT2D eigenvalue weighted by Gasteiger charge is 2.26. The molecule has 0 amide bonds. The largest absolute Gasteiger partial charge is 0.493 e. The molecule has 0 radical (unpaired) electrons. The van der Waals surface area contributed by atoms with Gasteiger partial charge in [0, 0.05) is 6.04 Å². The Labute approximate surface area is 162 Å². The van der Waals surface area contributed by atoms with Gasteiger partial charge in [-0.15, -0.1) is 0 Å². The van der Waals surface area contributed by atoms with Crippen LogP contribution in [-0.2, 0) is 12.8 Å². The topological polar surface area (TPSA) is 30.9 Å². The first-order valence-electron chi connectivity index (χ1n) is 9.89. The fourth-order valence-electron chi connectivity index (χ4n) is 4.58. The number of benzene rings is 2. The molecular formula is C23H29NO3. The lowest BCUT2D eigenvalue weighted by molar-refractivity contribution is 0.222. The number of fused-ring (bicyclic) bond motifs is 1. The Hall–Kier alpha value is -2.20. The predicted octanol–water partition coefficient (Wildman–Crippen LogP) is 4.33. The van der Waals surface area contributed by atoms with Crippen molar-refractivity contribution >= 4 is 0 Å². The van der Waals surface area contributed by atoms with Crippen LogP contribution in [0, 0.1) is 0 Å². The smallest absolute Gasteiger partial charge is 0.203 e. The Morgan fingerprint density at radius 3 is 2.15 bits per heavy atom. The van der Waals surface area contributed by atoms with Crippen LogP contribution in [0.1, 0.15) is 30.4 Å². The van der Waals surface area contributed by atoms with Crippen LogP contribution in [0.5, 0.6) is 17.2 Å². The minimum Gasteiger partial charge on any atom is -0.493 e. The van der Waals surface area contributed by atoms with Gasteiger partial charge in [0.2, 0.25) is 5.75 Å². The van der Waals surface area contributed by atoms with Gasteiger partial charge in [-0.25, -0.2) is 0 Å². The molecule has 4 heteroatoms. The molecule has 0 aromatic heterocycles. The summed E-state index contributed by atoms with van der Waals surface area (Å²) in [5.74, 6) is 2.02. The summed E-state index contributed by atoms with van der Waals surface area (Å²) in [5, 5.41) is 0. The van der Waals surface area contributed by atoms with Crippen molar-refractivity contribution < 1.29 is 14.2 Å². The summed E-state index contributed by atoms with van der Waals surface area (Å²) in [6.45, 7) is 2.56. The Bertz CT molecular complexity index is 786. The minimum atomic E-state index is 0.634. The van der Waals surface area contributed by atoms with E-state index in [4.69, 9.17) is 14.2 Å². The molecule has 4 nitrogen and oxygen atoms in total. The van der Waals surface area contributed by atoms with E-state index in [2.05, 4.69) is 23.1 Å². The van der Waals surface area contributed by atoms with Crippen LogP contribution in [-0.4, -0.2) is 45.4 Å². The molecule has 1 fully saturated rings. The Morgan fingerprint density at radius 2 is 1.52 bits per heavy atom. The zero-order valence-corrected chi connectivity index (χ0v) is 16.6. The summed E-state index contributed by atoms with van der Waals surface area (Å²) in [5.41, 5.74) is 5.28. The lowest BCUT2D eigenvalue weighted by Crippen LogP contribution is -2.37. The molecule has 0 bridgehead atoms. The summed E-state index contributed by atoms with van der Waals surface area (Å²) in [6, 6.07) is 11.7. The summed E-state index contributed by atoms with van der Waals surface area (Å²) in [6.07, 6.45) is 6.35. The van der Waals surface area contributed by atoms with E-state index in [1.165, 1.54) is 55.5 Å². The van der Waals surface area contributed by atoms with Gasteiger partial charge in [0.1, 0.15) is 0 Å². The van der Waals surface area contributed by atoms with Crippen LogP contribution in [0.2, 0.25) is 0 Å². The number of aryl methyl sites for hydroxylation is 1. The van der Waals surface area contributed by atoms with Crippen molar-refractivity contribution in [2.45, 2.75) is 38.1 Å². The van der Waals surface area contributed by atoms with Gasteiger partial charge in [-0.05, 0) is 79.6 Å². The molecule has 4 rings (SSSR count). The molecule has 1 aliphatic carbocycles. The summed E-state index contributed by atoms with van der Waals surface area (Å²) >= 11 is 0. The second kappa shape index (κ2) is 7.81. The van der Waals surface area contributed by atoms with E-state index in [9.17, 15) is 0 Å². The molecule has 1 saturated heterocycles. The zero-order valence-electron chi connectivity index (χ0n) is 16.6. The average molecular weight is 367 g/mol. The number of ether oxygens (including phenoxy) is 3. The fraction of sp³-hybridized carbons (Fsp3) is 0.478. The molecular weight excluding hydrogens is 338 g/mol. The number of hydrogen-bond acceptors (Lipinski definition) is 4. The monoisotopic (exact) mass is 367 g/mol. The molecule has 2 aromatic carbocycles. The number of likely N-dealkylation sites (tertiary alicyclic amines) is 1. The normalized spacial score (nSPS) is 19.6. The van der Waals surface area contributed by atoms with E-state index in [1.54, 1.807) is 21.3 Å². The number of hydrogen-bond donors (Lipinski definition) is 0. The third kappa shape index (κ3) is 3.51. The van der Waals surface area contributed by atoms with Gasteiger partial charge in [0.25, 0.3) is 0 Å². The second-order valence-electron chi connectivity index (χ2n) is 7.54. The van der Waals surface area contributed by atoms with Gasteiger partial charge in [0.15, 0.2) is 11.5 Å². The van der Waals surface area contributed by atoms with Crippen LogP contribution in [0.3, 0.4) is 0 Å². The van der Waals surface area contributed by atoms with Gasteiger partial charge in [-0.1, -0.05) is 18.2 Å². The molecule has 0 spiro atoms. The van der Waals surface area contributed by atoms with Gasteiger partial charge in [0.05, 0.1) is 21.3 Å². The molecule has 2 aliphatic rings. The van der Waals surface area contributed by atoms with Crippen molar-refractivity contribution in [1.29, 1.82) is 0 Å². The number of nitrogens with zero attached hydrogens (tertiary/aromatic N) is 1. The highest BCUT2D eigenvalue weighted by molar-refractivity contribution is 5.72. The fourth-order valence-corrected chi connectivity index (χ4v) is 4.58. The van der Waals surface area contributed by atoms with Crippen LogP contribution in [0.25, 0.3) is 11.1 Å².